The highest BCUT2D eigenvalue weighted by molar-refractivity contribution is 6.09. The Kier molecular flexibility index (Phi) is 5.76. The van der Waals surface area contributed by atoms with Gasteiger partial charge in [0.25, 0.3) is 5.91 Å². The van der Waals surface area contributed by atoms with E-state index in [-0.39, 0.29) is 30.8 Å². The van der Waals surface area contributed by atoms with Crippen LogP contribution in [0.3, 0.4) is 0 Å². The monoisotopic (exact) mass is 304 g/mol. The van der Waals surface area contributed by atoms with E-state index in [4.69, 9.17) is 0 Å². The van der Waals surface area contributed by atoms with Crippen LogP contribution in [-0.4, -0.2) is 55.0 Å². The number of urea groups is 1. The molecule has 1 aliphatic carbocycles. The van der Waals surface area contributed by atoms with Gasteiger partial charge in [-0.15, -0.1) is 12.4 Å². The molecule has 1 aliphatic heterocycles. The SMILES string of the molecule is CNCCNC(=O)CN1C(=O)NC2(CCCC2)C1=O.Cl. The normalized spacial score (nSPS) is 19.9. The molecule has 0 aromatic rings. The number of nitrogens with one attached hydrogen (secondary N) is 3. The van der Waals surface area contributed by atoms with Crippen molar-refractivity contribution in [1.82, 2.24) is 20.9 Å². The largest absolute Gasteiger partial charge is 0.353 e. The molecule has 3 N–H and O–H groups in total. The lowest BCUT2D eigenvalue weighted by Crippen LogP contribution is -2.45. The predicted octanol–water partition coefficient (Wildman–Crippen LogP) is -0.392. The van der Waals surface area contributed by atoms with Crippen molar-refractivity contribution >= 4 is 30.3 Å². The fraction of sp³-hybridized carbons (Fsp3) is 0.750. The van der Waals surface area contributed by atoms with Gasteiger partial charge in [0.2, 0.25) is 5.91 Å². The summed E-state index contributed by atoms with van der Waals surface area (Å²) in [6.45, 7) is 0.927. The molecule has 2 rings (SSSR count). The summed E-state index contributed by atoms with van der Waals surface area (Å²) in [5.41, 5.74) is -0.734. The van der Waals surface area contributed by atoms with Crippen LogP contribution in [-0.2, 0) is 9.59 Å². The number of nitrogens with zero attached hydrogens (tertiary/aromatic N) is 1. The molecular formula is C12H21ClN4O3. The number of imide groups is 1. The number of carbonyl (C=O) groups excluding carboxylic acids is 3. The van der Waals surface area contributed by atoms with Crippen LogP contribution in [0.5, 0.6) is 0 Å². The van der Waals surface area contributed by atoms with Crippen molar-refractivity contribution in [3.63, 3.8) is 0 Å². The van der Waals surface area contributed by atoms with Gasteiger partial charge < -0.3 is 16.0 Å². The van der Waals surface area contributed by atoms with Gasteiger partial charge in [0.05, 0.1) is 0 Å². The number of carbonyl (C=O) groups is 3. The smallest absolute Gasteiger partial charge is 0.325 e. The zero-order chi connectivity index (χ0) is 13.9. The van der Waals surface area contributed by atoms with Crippen molar-refractivity contribution in [3.8, 4) is 0 Å². The summed E-state index contributed by atoms with van der Waals surface area (Å²) in [5, 5.41) is 8.30. The maximum atomic E-state index is 12.3. The Bertz CT molecular complexity index is 396. The summed E-state index contributed by atoms with van der Waals surface area (Å²) in [5.74, 6) is -0.562. The summed E-state index contributed by atoms with van der Waals surface area (Å²) in [6.07, 6.45) is 3.23. The van der Waals surface area contributed by atoms with Crippen molar-refractivity contribution in [1.29, 1.82) is 0 Å². The Labute approximate surface area is 124 Å². The Morgan fingerprint density at radius 2 is 1.95 bits per heavy atom. The Morgan fingerprint density at radius 3 is 2.55 bits per heavy atom. The molecular weight excluding hydrogens is 284 g/mol. The maximum Gasteiger partial charge on any atom is 0.325 e. The van der Waals surface area contributed by atoms with Crippen LogP contribution >= 0.6 is 12.4 Å². The minimum Gasteiger partial charge on any atom is -0.353 e. The Morgan fingerprint density at radius 1 is 1.30 bits per heavy atom. The molecule has 0 unspecified atom stereocenters. The summed E-state index contributed by atoms with van der Waals surface area (Å²) in [7, 11) is 1.79. The van der Waals surface area contributed by atoms with E-state index in [1.165, 1.54) is 0 Å². The molecule has 2 aliphatic rings. The third-order valence-electron chi connectivity index (χ3n) is 3.70. The lowest BCUT2D eigenvalue weighted by molar-refractivity contribution is -0.134. The van der Waals surface area contributed by atoms with Gasteiger partial charge in [-0.25, -0.2) is 4.79 Å². The fourth-order valence-corrected chi connectivity index (χ4v) is 2.66. The number of hydrogen-bond acceptors (Lipinski definition) is 4. The van der Waals surface area contributed by atoms with Crippen molar-refractivity contribution < 1.29 is 14.4 Å². The molecule has 1 spiro atoms. The molecule has 0 aromatic carbocycles. The first kappa shape index (κ1) is 16.7. The van der Waals surface area contributed by atoms with Gasteiger partial charge in [0.15, 0.2) is 0 Å². The fourth-order valence-electron chi connectivity index (χ4n) is 2.66. The van der Waals surface area contributed by atoms with E-state index >= 15 is 0 Å². The molecule has 7 nitrogen and oxygen atoms in total. The van der Waals surface area contributed by atoms with Gasteiger partial charge in [0.1, 0.15) is 12.1 Å². The van der Waals surface area contributed by atoms with Crippen LogP contribution in [0, 0.1) is 0 Å². The standard InChI is InChI=1S/C12H20N4O3.ClH/c1-13-6-7-14-9(17)8-16-10(18)12(15-11(16)19)4-2-3-5-12;/h13H,2-8H2,1H3,(H,14,17)(H,15,19);1H. The lowest BCUT2D eigenvalue weighted by atomic mass is 9.98. The average Bonchev–Trinajstić information content (AvgIpc) is 2.92. The number of halogens is 1. The highest BCUT2D eigenvalue weighted by Crippen LogP contribution is 2.34. The first-order valence-corrected chi connectivity index (χ1v) is 6.64. The number of hydrogen-bond donors (Lipinski definition) is 3. The second-order valence-electron chi connectivity index (χ2n) is 5.06. The van der Waals surface area contributed by atoms with Gasteiger partial charge >= 0.3 is 6.03 Å². The average molecular weight is 305 g/mol. The topological polar surface area (TPSA) is 90.5 Å². The molecule has 114 valence electrons. The molecule has 0 aromatic heterocycles. The number of amides is 4. The molecule has 20 heavy (non-hydrogen) atoms. The van der Waals surface area contributed by atoms with E-state index in [0.29, 0.717) is 25.9 Å². The maximum absolute atomic E-state index is 12.3. The molecule has 4 amide bonds. The number of rotatable bonds is 5. The Hall–Kier alpha value is -1.34. The van der Waals surface area contributed by atoms with Crippen molar-refractivity contribution in [2.24, 2.45) is 0 Å². The molecule has 1 saturated heterocycles. The Balaban J connectivity index is 0.00000200. The second-order valence-corrected chi connectivity index (χ2v) is 5.06. The quantitative estimate of drug-likeness (QED) is 0.476. The minimum atomic E-state index is -0.734. The van der Waals surface area contributed by atoms with E-state index in [0.717, 1.165) is 17.7 Å². The van der Waals surface area contributed by atoms with Crippen molar-refractivity contribution in [3.05, 3.63) is 0 Å². The zero-order valence-electron chi connectivity index (χ0n) is 11.5. The molecule has 0 atom stereocenters. The van der Waals surface area contributed by atoms with Gasteiger partial charge in [-0.05, 0) is 19.9 Å². The predicted molar refractivity (Wildman–Crippen MR) is 75.6 cm³/mol. The molecule has 8 heteroatoms. The molecule has 2 fully saturated rings. The van der Waals surface area contributed by atoms with E-state index < -0.39 is 11.6 Å². The van der Waals surface area contributed by atoms with Crippen LogP contribution in [0.2, 0.25) is 0 Å². The van der Waals surface area contributed by atoms with E-state index in [9.17, 15) is 14.4 Å². The van der Waals surface area contributed by atoms with Crippen LogP contribution in [0.1, 0.15) is 25.7 Å². The van der Waals surface area contributed by atoms with Gasteiger partial charge in [-0.3, -0.25) is 14.5 Å². The molecule has 1 saturated carbocycles. The van der Waals surface area contributed by atoms with Crippen LogP contribution in [0.4, 0.5) is 4.79 Å². The van der Waals surface area contributed by atoms with E-state index in [1.807, 2.05) is 0 Å². The summed E-state index contributed by atoms with van der Waals surface area (Å²) in [6, 6.07) is -0.448. The minimum absolute atomic E-state index is 0. The third-order valence-corrected chi connectivity index (χ3v) is 3.70. The summed E-state index contributed by atoms with van der Waals surface area (Å²) >= 11 is 0. The lowest BCUT2D eigenvalue weighted by Gasteiger charge is -2.19. The van der Waals surface area contributed by atoms with Crippen LogP contribution in [0.25, 0.3) is 0 Å². The highest BCUT2D eigenvalue weighted by Gasteiger charge is 2.52. The zero-order valence-corrected chi connectivity index (χ0v) is 12.3. The van der Waals surface area contributed by atoms with E-state index in [1.54, 1.807) is 7.05 Å². The van der Waals surface area contributed by atoms with Crippen LogP contribution in [0.15, 0.2) is 0 Å². The first-order chi connectivity index (χ1) is 9.09. The van der Waals surface area contributed by atoms with Gasteiger partial charge in [-0.1, -0.05) is 12.8 Å². The summed E-state index contributed by atoms with van der Waals surface area (Å²) < 4.78 is 0. The van der Waals surface area contributed by atoms with Crippen molar-refractivity contribution in [2.75, 3.05) is 26.7 Å². The molecule has 0 bridgehead atoms. The summed E-state index contributed by atoms with van der Waals surface area (Å²) in [4.78, 5) is 36.8. The second kappa shape index (κ2) is 6.90. The molecule has 0 radical (unpaired) electrons. The first-order valence-electron chi connectivity index (χ1n) is 6.64. The third kappa shape index (κ3) is 3.21. The molecule has 1 heterocycles. The van der Waals surface area contributed by atoms with Crippen molar-refractivity contribution in [2.45, 2.75) is 31.2 Å². The van der Waals surface area contributed by atoms with Gasteiger partial charge in [0, 0.05) is 13.1 Å². The van der Waals surface area contributed by atoms with E-state index in [2.05, 4.69) is 16.0 Å². The number of likely N-dealkylation sites (N-methyl/N-ethyl adjacent to an activating group) is 1. The highest BCUT2D eigenvalue weighted by atomic mass is 35.5. The van der Waals surface area contributed by atoms with Crippen LogP contribution < -0.4 is 16.0 Å². The van der Waals surface area contributed by atoms with Gasteiger partial charge in [-0.2, -0.15) is 0 Å².